The van der Waals surface area contributed by atoms with E-state index in [0.29, 0.717) is 11.1 Å². The van der Waals surface area contributed by atoms with Crippen molar-refractivity contribution in [1.29, 1.82) is 10.5 Å². The molecule has 3 rings (SSSR count). The standard InChI is InChI=1S/C29H36N4O3/c1-27(2,3)19(16-30)24-33-22(18-14-12-11-13-15-18)32(10)23(34)21(29(7,8)9)25(33)36-26(35-24)20(17-31)28(4,5)6/h11-15,22H,1-10H3. The number of likely N-dealkylation sites (N-methyl/N-ethyl adjacent to an activating group) is 1. The zero-order chi connectivity index (χ0) is 27.2. The maximum Gasteiger partial charge on any atom is 0.307 e. The lowest BCUT2D eigenvalue weighted by Crippen LogP contribution is -2.52. The van der Waals surface area contributed by atoms with Gasteiger partial charge in [0.05, 0.1) is 11.1 Å². The summed E-state index contributed by atoms with van der Waals surface area (Å²) in [7, 11) is 1.74. The van der Waals surface area contributed by atoms with E-state index in [1.807, 2.05) is 92.6 Å². The minimum atomic E-state index is -0.623. The predicted molar refractivity (Wildman–Crippen MR) is 137 cm³/mol. The smallest absolute Gasteiger partial charge is 0.307 e. The first-order chi connectivity index (χ1) is 16.5. The van der Waals surface area contributed by atoms with Crippen molar-refractivity contribution >= 4 is 5.91 Å². The number of ether oxygens (including phenoxy) is 2. The number of hydrogen-bond acceptors (Lipinski definition) is 6. The predicted octanol–water partition coefficient (Wildman–Crippen LogP) is 6.33. The van der Waals surface area contributed by atoms with Gasteiger partial charge in [0.15, 0.2) is 0 Å². The molecule has 1 atom stereocenters. The van der Waals surface area contributed by atoms with Crippen molar-refractivity contribution in [2.45, 2.75) is 68.5 Å². The quantitative estimate of drug-likeness (QED) is 0.429. The lowest BCUT2D eigenvalue weighted by atomic mass is 9.83. The largest absolute Gasteiger partial charge is 0.407 e. The van der Waals surface area contributed by atoms with Crippen LogP contribution in [0.2, 0.25) is 0 Å². The van der Waals surface area contributed by atoms with Crippen molar-refractivity contribution in [3.63, 3.8) is 0 Å². The van der Waals surface area contributed by atoms with Crippen LogP contribution in [0.25, 0.3) is 0 Å². The van der Waals surface area contributed by atoms with Gasteiger partial charge < -0.3 is 14.4 Å². The van der Waals surface area contributed by atoms with Crippen LogP contribution in [0.5, 0.6) is 0 Å². The number of rotatable bonds is 1. The van der Waals surface area contributed by atoms with Crippen molar-refractivity contribution in [3.8, 4) is 12.1 Å². The van der Waals surface area contributed by atoms with E-state index in [1.54, 1.807) is 16.8 Å². The first-order valence-electron chi connectivity index (χ1n) is 12.1. The van der Waals surface area contributed by atoms with Gasteiger partial charge in [-0.15, -0.1) is 0 Å². The van der Waals surface area contributed by atoms with E-state index < -0.39 is 22.4 Å². The molecule has 36 heavy (non-hydrogen) atoms. The summed E-state index contributed by atoms with van der Waals surface area (Å²) in [6, 6.07) is 14.1. The average Bonchev–Trinajstić information content (AvgIpc) is 2.73. The van der Waals surface area contributed by atoms with Gasteiger partial charge in [0.25, 0.3) is 5.91 Å². The molecule has 1 aromatic carbocycles. The van der Waals surface area contributed by atoms with Crippen molar-refractivity contribution in [2.75, 3.05) is 7.05 Å². The molecule has 0 aliphatic carbocycles. The van der Waals surface area contributed by atoms with Gasteiger partial charge in [0, 0.05) is 17.9 Å². The molecule has 0 bridgehead atoms. The van der Waals surface area contributed by atoms with Crippen LogP contribution in [0.4, 0.5) is 0 Å². The van der Waals surface area contributed by atoms with E-state index in [2.05, 4.69) is 12.1 Å². The monoisotopic (exact) mass is 488 g/mol. The number of carbonyl (C=O) groups excluding carboxylic acids is 1. The summed E-state index contributed by atoms with van der Waals surface area (Å²) in [4.78, 5) is 17.3. The van der Waals surface area contributed by atoms with E-state index in [-0.39, 0.29) is 29.2 Å². The minimum Gasteiger partial charge on any atom is -0.407 e. The average molecular weight is 489 g/mol. The molecule has 1 amide bonds. The Morgan fingerprint density at radius 1 is 0.861 bits per heavy atom. The summed E-state index contributed by atoms with van der Waals surface area (Å²) in [5, 5.41) is 20.4. The molecule has 0 N–H and O–H groups in total. The van der Waals surface area contributed by atoms with Gasteiger partial charge in [0.1, 0.15) is 23.9 Å². The molecular formula is C29H36N4O3. The second-order valence-electron chi connectivity index (χ2n) is 12.3. The summed E-state index contributed by atoms with van der Waals surface area (Å²) in [6.07, 6.45) is -0.623. The third kappa shape index (κ3) is 4.71. The molecule has 190 valence electrons. The molecule has 1 aromatic rings. The highest BCUT2D eigenvalue weighted by Crippen LogP contribution is 2.49. The van der Waals surface area contributed by atoms with Crippen molar-refractivity contribution in [1.82, 2.24) is 9.80 Å². The van der Waals surface area contributed by atoms with Gasteiger partial charge in [-0.3, -0.25) is 9.69 Å². The fourth-order valence-corrected chi connectivity index (χ4v) is 4.30. The number of nitrogens with zero attached hydrogens (tertiary/aromatic N) is 4. The zero-order valence-electron chi connectivity index (χ0n) is 23.0. The number of fused-ring (bicyclic) bond motifs is 1. The van der Waals surface area contributed by atoms with Crippen LogP contribution in [-0.2, 0) is 14.3 Å². The van der Waals surface area contributed by atoms with E-state index in [4.69, 9.17) is 9.47 Å². The molecule has 1 unspecified atom stereocenters. The van der Waals surface area contributed by atoms with E-state index in [0.717, 1.165) is 5.56 Å². The lowest BCUT2D eigenvalue weighted by Gasteiger charge is -2.49. The minimum absolute atomic E-state index is 0.00540. The molecule has 2 aliphatic heterocycles. The number of benzene rings is 1. The fourth-order valence-electron chi connectivity index (χ4n) is 4.30. The zero-order valence-corrected chi connectivity index (χ0v) is 23.0. The summed E-state index contributed by atoms with van der Waals surface area (Å²) < 4.78 is 12.7. The maximum absolute atomic E-state index is 13.9. The number of amides is 1. The Labute approximate surface area is 214 Å². The summed E-state index contributed by atoms with van der Waals surface area (Å²) in [5.41, 5.74) is 0.152. The van der Waals surface area contributed by atoms with E-state index >= 15 is 0 Å². The summed E-state index contributed by atoms with van der Waals surface area (Å²) in [6.45, 7) is 17.3. The third-order valence-electron chi connectivity index (χ3n) is 6.17. The van der Waals surface area contributed by atoms with Crippen LogP contribution in [0, 0.1) is 38.9 Å². The molecule has 1 saturated heterocycles. The number of allylic oxidation sites excluding steroid dienone is 2. The Morgan fingerprint density at radius 3 is 1.83 bits per heavy atom. The summed E-state index contributed by atoms with van der Waals surface area (Å²) in [5.74, 6) is 0.346. The number of nitriles is 2. The molecule has 2 aliphatic rings. The van der Waals surface area contributed by atoms with Crippen molar-refractivity contribution < 1.29 is 14.3 Å². The second kappa shape index (κ2) is 9.06. The molecule has 1 fully saturated rings. The fraction of sp³-hybridized carbons (Fsp3) is 0.483. The maximum atomic E-state index is 13.9. The van der Waals surface area contributed by atoms with Gasteiger partial charge in [-0.2, -0.15) is 10.5 Å². The molecule has 0 radical (unpaired) electrons. The Hall–Kier alpha value is -3.71. The topological polar surface area (TPSA) is 89.6 Å². The van der Waals surface area contributed by atoms with Crippen LogP contribution in [0.15, 0.2) is 64.8 Å². The van der Waals surface area contributed by atoms with Gasteiger partial charge >= 0.3 is 5.95 Å². The highest BCUT2D eigenvalue weighted by molar-refractivity contribution is 5.96. The molecule has 2 heterocycles. The van der Waals surface area contributed by atoms with E-state index in [1.165, 1.54) is 0 Å². The lowest BCUT2D eigenvalue weighted by molar-refractivity contribution is -0.144. The Balaban J connectivity index is 2.53. The van der Waals surface area contributed by atoms with Crippen molar-refractivity contribution in [3.05, 3.63) is 70.3 Å². The molecule has 7 nitrogen and oxygen atoms in total. The molecule has 0 saturated carbocycles. The SMILES string of the molecule is CN1C(=O)C(C(C)(C)C)=C2OC(=C(C#N)C(C)(C)C)OC(=C(C#N)C(C)(C)C)N2C1c1ccccc1. The molecule has 7 heteroatoms. The van der Waals surface area contributed by atoms with Crippen LogP contribution in [0.1, 0.15) is 74.0 Å². The summed E-state index contributed by atoms with van der Waals surface area (Å²) >= 11 is 0. The van der Waals surface area contributed by atoms with Gasteiger partial charge in [-0.25, -0.2) is 0 Å². The van der Waals surface area contributed by atoms with Crippen LogP contribution < -0.4 is 0 Å². The molecular weight excluding hydrogens is 452 g/mol. The molecule has 0 aromatic heterocycles. The van der Waals surface area contributed by atoms with Crippen LogP contribution >= 0.6 is 0 Å². The first-order valence-corrected chi connectivity index (χ1v) is 12.1. The second-order valence-corrected chi connectivity index (χ2v) is 12.3. The third-order valence-corrected chi connectivity index (χ3v) is 6.17. The van der Waals surface area contributed by atoms with Crippen molar-refractivity contribution in [2.24, 2.45) is 16.2 Å². The Morgan fingerprint density at radius 2 is 1.39 bits per heavy atom. The Bertz CT molecular complexity index is 1240. The van der Waals surface area contributed by atoms with Gasteiger partial charge in [-0.1, -0.05) is 92.6 Å². The van der Waals surface area contributed by atoms with Gasteiger partial charge in [-0.05, 0) is 11.0 Å². The van der Waals surface area contributed by atoms with E-state index in [9.17, 15) is 15.3 Å². The highest BCUT2D eigenvalue weighted by Gasteiger charge is 2.50. The normalized spacial score (nSPS) is 21.7. The van der Waals surface area contributed by atoms with Gasteiger partial charge in [0.2, 0.25) is 11.8 Å². The molecule has 0 spiro atoms. The van der Waals surface area contributed by atoms with Crippen LogP contribution in [-0.4, -0.2) is 22.8 Å². The highest BCUT2D eigenvalue weighted by atomic mass is 16.7. The Kier molecular flexibility index (Phi) is 6.77. The number of carbonyl (C=O) groups is 1. The van der Waals surface area contributed by atoms with Crippen LogP contribution in [0.3, 0.4) is 0 Å². The first kappa shape index (κ1) is 26.9. The number of hydrogen-bond donors (Lipinski definition) is 0.